The first-order valence-electron chi connectivity index (χ1n) is 33.8. The van der Waals surface area contributed by atoms with Gasteiger partial charge in [0, 0.05) is 19.3 Å². The Morgan fingerprint density at radius 2 is 0.468 bits per heavy atom. The van der Waals surface area contributed by atoms with Crippen molar-refractivity contribution in [1.29, 1.82) is 0 Å². The van der Waals surface area contributed by atoms with Crippen LogP contribution in [0, 0.1) is 0 Å². The summed E-state index contributed by atoms with van der Waals surface area (Å²) in [5.41, 5.74) is 0. The molecule has 0 spiro atoms. The van der Waals surface area contributed by atoms with Crippen LogP contribution in [0.4, 0.5) is 0 Å². The molecule has 0 fully saturated rings. The van der Waals surface area contributed by atoms with Crippen molar-refractivity contribution in [3.8, 4) is 0 Å². The van der Waals surface area contributed by atoms with E-state index >= 15 is 0 Å². The van der Waals surface area contributed by atoms with Crippen LogP contribution in [0.3, 0.4) is 0 Å². The van der Waals surface area contributed by atoms with Crippen LogP contribution in [0.15, 0.2) is 60.8 Å². The van der Waals surface area contributed by atoms with Crippen LogP contribution >= 0.6 is 0 Å². The molecule has 0 aromatic heterocycles. The highest BCUT2D eigenvalue weighted by molar-refractivity contribution is 5.71. The number of hydrogen-bond acceptors (Lipinski definition) is 6. The molecule has 0 heterocycles. The molecule has 0 radical (unpaired) electrons. The van der Waals surface area contributed by atoms with Gasteiger partial charge < -0.3 is 14.2 Å². The van der Waals surface area contributed by atoms with Gasteiger partial charge in [0.1, 0.15) is 13.2 Å². The van der Waals surface area contributed by atoms with E-state index in [-0.39, 0.29) is 31.1 Å². The third-order valence-corrected chi connectivity index (χ3v) is 15.0. The summed E-state index contributed by atoms with van der Waals surface area (Å²) in [5, 5.41) is 0. The number of hydrogen-bond donors (Lipinski definition) is 0. The monoisotopic (exact) mass is 1080 g/mol. The minimum Gasteiger partial charge on any atom is -0.462 e. The number of esters is 3. The van der Waals surface area contributed by atoms with Gasteiger partial charge in [0.05, 0.1) is 0 Å². The van der Waals surface area contributed by atoms with Crippen molar-refractivity contribution in [2.45, 2.75) is 361 Å². The van der Waals surface area contributed by atoms with Crippen molar-refractivity contribution in [3.63, 3.8) is 0 Å². The van der Waals surface area contributed by atoms with Gasteiger partial charge >= 0.3 is 17.9 Å². The Balaban J connectivity index is 4.36. The Morgan fingerprint density at radius 3 is 0.753 bits per heavy atom. The highest BCUT2D eigenvalue weighted by atomic mass is 16.6. The molecule has 0 aromatic carbocycles. The lowest BCUT2D eigenvalue weighted by atomic mass is 10.0. The van der Waals surface area contributed by atoms with Crippen LogP contribution in [0.1, 0.15) is 355 Å². The molecule has 0 aliphatic rings. The van der Waals surface area contributed by atoms with E-state index in [0.717, 1.165) is 70.6 Å². The van der Waals surface area contributed by atoms with E-state index in [9.17, 15) is 14.4 Å². The lowest BCUT2D eigenvalue weighted by Gasteiger charge is -2.18. The summed E-state index contributed by atoms with van der Waals surface area (Å²) in [7, 11) is 0. The van der Waals surface area contributed by atoms with Gasteiger partial charge in [-0.1, -0.05) is 287 Å². The van der Waals surface area contributed by atoms with Gasteiger partial charge in [-0.05, 0) is 109 Å². The minimum absolute atomic E-state index is 0.0752. The Hall–Kier alpha value is -2.89. The summed E-state index contributed by atoms with van der Waals surface area (Å²) in [6.07, 6.45) is 83.7. The smallest absolute Gasteiger partial charge is 0.306 e. The van der Waals surface area contributed by atoms with E-state index in [4.69, 9.17) is 14.2 Å². The maximum Gasteiger partial charge on any atom is 0.306 e. The fourth-order valence-electron chi connectivity index (χ4n) is 9.85. The second-order valence-corrected chi connectivity index (χ2v) is 22.7. The zero-order valence-electron chi connectivity index (χ0n) is 51.5. The molecule has 0 saturated heterocycles. The molecule has 0 unspecified atom stereocenters. The van der Waals surface area contributed by atoms with Crippen molar-refractivity contribution in [2.75, 3.05) is 13.2 Å². The topological polar surface area (TPSA) is 78.9 Å². The average Bonchev–Trinajstić information content (AvgIpc) is 3.43. The molecular weight excluding hydrogens is 949 g/mol. The summed E-state index contributed by atoms with van der Waals surface area (Å²) in [6.45, 7) is 6.63. The SMILES string of the molecule is CCCCC/C=C\C/C=C\CCCCCCCCCCCC(=O)OC[C@H](COC(=O)CCCCCCCCCCCCC/C=C\CCCCCCCC)OC(=O)CCCCCCCCCCC/C=C\C/C=C\CCCCC. The highest BCUT2D eigenvalue weighted by Crippen LogP contribution is 2.17. The van der Waals surface area contributed by atoms with Crippen LogP contribution in [0.2, 0.25) is 0 Å². The lowest BCUT2D eigenvalue weighted by Crippen LogP contribution is -2.30. The van der Waals surface area contributed by atoms with Gasteiger partial charge in [0.25, 0.3) is 0 Å². The van der Waals surface area contributed by atoms with Gasteiger partial charge in [-0.25, -0.2) is 0 Å². The summed E-state index contributed by atoms with van der Waals surface area (Å²) < 4.78 is 17.0. The van der Waals surface area contributed by atoms with Crippen LogP contribution in [-0.2, 0) is 28.6 Å². The Morgan fingerprint density at radius 1 is 0.260 bits per heavy atom. The number of ether oxygens (including phenoxy) is 3. The molecule has 77 heavy (non-hydrogen) atoms. The van der Waals surface area contributed by atoms with E-state index in [1.165, 1.54) is 244 Å². The fourth-order valence-corrected chi connectivity index (χ4v) is 9.85. The number of rotatable bonds is 62. The van der Waals surface area contributed by atoms with Crippen LogP contribution in [-0.4, -0.2) is 37.2 Å². The Labute approximate surface area is 479 Å². The van der Waals surface area contributed by atoms with Gasteiger partial charge in [0.2, 0.25) is 0 Å². The fraction of sp³-hybridized carbons (Fsp3) is 0.817. The first-order chi connectivity index (χ1) is 38.0. The Bertz CT molecular complexity index is 1380. The number of carbonyl (C=O) groups excluding carboxylic acids is 3. The third kappa shape index (κ3) is 63.8. The molecule has 0 aliphatic carbocycles. The van der Waals surface area contributed by atoms with Crippen molar-refractivity contribution in [3.05, 3.63) is 60.8 Å². The van der Waals surface area contributed by atoms with Gasteiger partial charge in [-0.3, -0.25) is 14.4 Å². The molecule has 0 aliphatic heterocycles. The second-order valence-electron chi connectivity index (χ2n) is 22.7. The molecule has 0 N–H and O–H groups in total. The summed E-state index contributed by atoms with van der Waals surface area (Å²) in [4.78, 5) is 38.4. The predicted molar refractivity (Wildman–Crippen MR) is 335 cm³/mol. The van der Waals surface area contributed by atoms with E-state index < -0.39 is 6.10 Å². The lowest BCUT2D eigenvalue weighted by molar-refractivity contribution is -0.167. The Kier molecular flexibility index (Phi) is 63.2. The van der Waals surface area contributed by atoms with Gasteiger partial charge in [-0.15, -0.1) is 0 Å². The largest absolute Gasteiger partial charge is 0.462 e. The van der Waals surface area contributed by atoms with Crippen LogP contribution in [0.25, 0.3) is 0 Å². The summed E-state index contributed by atoms with van der Waals surface area (Å²) >= 11 is 0. The summed E-state index contributed by atoms with van der Waals surface area (Å²) in [6, 6.07) is 0. The number of unbranched alkanes of at least 4 members (excludes halogenated alkanes) is 41. The minimum atomic E-state index is -0.780. The summed E-state index contributed by atoms with van der Waals surface area (Å²) in [5.74, 6) is -0.864. The zero-order chi connectivity index (χ0) is 55.7. The highest BCUT2D eigenvalue weighted by Gasteiger charge is 2.19. The molecule has 6 heteroatoms. The first-order valence-corrected chi connectivity index (χ1v) is 33.8. The quantitative estimate of drug-likeness (QED) is 0.0261. The molecule has 448 valence electrons. The molecule has 1 atom stereocenters. The number of allylic oxidation sites excluding steroid dienone is 10. The van der Waals surface area contributed by atoms with E-state index in [2.05, 4.69) is 81.5 Å². The van der Waals surface area contributed by atoms with E-state index in [1.807, 2.05) is 0 Å². The van der Waals surface area contributed by atoms with E-state index in [0.29, 0.717) is 19.3 Å². The third-order valence-electron chi connectivity index (χ3n) is 15.0. The van der Waals surface area contributed by atoms with Crippen molar-refractivity contribution in [2.24, 2.45) is 0 Å². The molecule has 0 saturated carbocycles. The molecule has 0 aromatic rings. The first kappa shape index (κ1) is 74.1. The van der Waals surface area contributed by atoms with E-state index in [1.54, 1.807) is 0 Å². The molecule has 0 amide bonds. The van der Waals surface area contributed by atoms with Gasteiger partial charge in [-0.2, -0.15) is 0 Å². The molecular formula is C71H128O6. The molecule has 0 rings (SSSR count). The maximum absolute atomic E-state index is 12.9. The van der Waals surface area contributed by atoms with Crippen LogP contribution < -0.4 is 0 Å². The van der Waals surface area contributed by atoms with Crippen molar-refractivity contribution >= 4 is 17.9 Å². The van der Waals surface area contributed by atoms with Crippen LogP contribution in [0.5, 0.6) is 0 Å². The van der Waals surface area contributed by atoms with Crippen molar-refractivity contribution < 1.29 is 28.6 Å². The standard InChI is InChI=1S/C71H128O6/c1-4-7-10-13-16-19-22-25-28-31-34-35-38-40-43-46-49-52-55-58-61-64-70(73)76-67-68(77-71(74)65-62-59-56-53-50-47-44-41-37-33-30-27-24-21-18-15-12-9-6-3)66-75-69(72)63-60-57-54-51-48-45-42-39-36-32-29-26-23-20-17-14-11-8-5-2/h17-18,20-21,25-30,68H,4-16,19,22-24,31-67H2,1-3H3/b20-17-,21-18-,28-25-,29-26-,30-27-/t68-/m1/s1. The number of carbonyl (C=O) groups is 3. The average molecular weight is 1080 g/mol. The maximum atomic E-state index is 12.9. The predicted octanol–water partition coefficient (Wildman–Crippen LogP) is 23.1. The van der Waals surface area contributed by atoms with Gasteiger partial charge in [0.15, 0.2) is 6.10 Å². The normalized spacial score (nSPS) is 12.4. The van der Waals surface area contributed by atoms with Crippen molar-refractivity contribution in [1.82, 2.24) is 0 Å². The molecule has 6 nitrogen and oxygen atoms in total. The zero-order valence-corrected chi connectivity index (χ0v) is 51.5. The second kappa shape index (κ2) is 65.6. The molecule has 0 bridgehead atoms.